The van der Waals surface area contributed by atoms with Crippen LogP contribution in [-0.4, -0.2) is 50.7 Å². The zero-order valence-corrected chi connectivity index (χ0v) is 12.7. The van der Waals surface area contributed by atoms with Crippen molar-refractivity contribution in [1.82, 2.24) is 10.4 Å². The molecular formula is C14H21ClN3O2+. The second kappa shape index (κ2) is 6.92. The van der Waals surface area contributed by atoms with Crippen molar-refractivity contribution in [2.45, 2.75) is 6.92 Å². The molecule has 0 spiro atoms. The Bertz CT molecular complexity index is 473. The Balaban J connectivity index is 1.76. The van der Waals surface area contributed by atoms with Gasteiger partial charge < -0.3 is 9.64 Å². The molecule has 1 amide bonds. The number of nitrogens with zero attached hydrogens (tertiary/aromatic N) is 1. The van der Waals surface area contributed by atoms with Crippen molar-refractivity contribution in [3.05, 3.63) is 28.8 Å². The molecule has 110 valence electrons. The van der Waals surface area contributed by atoms with E-state index in [0.717, 1.165) is 31.7 Å². The van der Waals surface area contributed by atoms with Crippen molar-refractivity contribution >= 4 is 17.5 Å². The molecule has 0 bridgehead atoms. The highest BCUT2D eigenvalue weighted by Gasteiger charge is 2.18. The second-order valence-electron chi connectivity index (χ2n) is 5.18. The summed E-state index contributed by atoms with van der Waals surface area (Å²) in [6.45, 7) is 5.74. The van der Waals surface area contributed by atoms with Crippen LogP contribution in [0.15, 0.2) is 18.2 Å². The first-order chi connectivity index (χ1) is 9.54. The van der Waals surface area contributed by atoms with Crippen molar-refractivity contribution in [1.29, 1.82) is 0 Å². The van der Waals surface area contributed by atoms with E-state index in [1.165, 1.54) is 4.90 Å². The average Bonchev–Trinajstić information content (AvgIpc) is 2.43. The number of aryl methyl sites for hydroxylation is 1. The number of carbonyl (C=O) groups excluding carboxylic acids is 1. The van der Waals surface area contributed by atoms with Crippen molar-refractivity contribution in [3.63, 3.8) is 0 Å². The molecule has 1 heterocycles. The third-order valence-electron chi connectivity index (χ3n) is 3.40. The maximum Gasteiger partial charge on any atom is 0.272 e. The number of benzene rings is 1. The van der Waals surface area contributed by atoms with Gasteiger partial charge in [0.15, 0.2) is 6.61 Å². The lowest BCUT2D eigenvalue weighted by Crippen LogP contribution is -3.12. The topological polar surface area (TPSA) is 46.0 Å². The molecule has 1 aromatic rings. The monoisotopic (exact) mass is 298 g/mol. The smallest absolute Gasteiger partial charge is 0.272 e. The molecule has 6 heteroatoms. The van der Waals surface area contributed by atoms with Gasteiger partial charge in [0, 0.05) is 5.02 Å². The van der Waals surface area contributed by atoms with Crippen molar-refractivity contribution in [2.75, 3.05) is 39.8 Å². The maximum absolute atomic E-state index is 11.8. The Morgan fingerprint density at radius 1 is 1.45 bits per heavy atom. The summed E-state index contributed by atoms with van der Waals surface area (Å²) in [5, 5.41) is 2.65. The molecular weight excluding hydrogens is 278 g/mol. The molecule has 1 fully saturated rings. The minimum Gasteiger partial charge on any atom is -0.484 e. The molecule has 0 unspecified atom stereocenters. The van der Waals surface area contributed by atoms with Crippen LogP contribution in [0.1, 0.15) is 5.56 Å². The predicted octanol–water partition coefficient (Wildman–Crippen LogP) is -0.111. The highest BCUT2D eigenvalue weighted by molar-refractivity contribution is 6.31. The molecule has 0 aliphatic carbocycles. The molecule has 2 N–H and O–H groups in total. The van der Waals surface area contributed by atoms with Crippen LogP contribution >= 0.6 is 11.6 Å². The first-order valence-corrected chi connectivity index (χ1v) is 7.17. The van der Waals surface area contributed by atoms with Crippen molar-refractivity contribution in [3.8, 4) is 5.75 Å². The van der Waals surface area contributed by atoms with Gasteiger partial charge in [-0.25, -0.2) is 5.01 Å². The van der Waals surface area contributed by atoms with E-state index in [0.29, 0.717) is 10.8 Å². The van der Waals surface area contributed by atoms with E-state index >= 15 is 0 Å². The Morgan fingerprint density at radius 3 is 2.80 bits per heavy atom. The SMILES string of the molecule is Cc1cc(OCC(=O)NN2CC[NH+](C)CC2)ccc1Cl. The number of hydrogen-bond acceptors (Lipinski definition) is 3. The first kappa shape index (κ1) is 15.1. The predicted molar refractivity (Wildman–Crippen MR) is 78.0 cm³/mol. The van der Waals surface area contributed by atoms with Gasteiger partial charge in [-0.05, 0) is 30.7 Å². The molecule has 1 aliphatic heterocycles. The highest BCUT2D eigenvalue weighted by Crippen LogP contribution is 2.20. The van der Waals surface area contributed by atoms with Crippen LogP contribution < -0.4 is 15.1 Å². The fraction of sp³-hybridized carbons (Fsp3) is 0.500. The van der Waals surface area contributed by atoms with Gasteiger partial charge in [0.25, 0.3) is 5.91 Å². The lowest BCUT2D eigenvalue weighted by Gasteiger charge is -2.29. The Morgan fingerprint density at radius 2 is 2.15 bits per heavy atom. The minimum absolute atomic E-state index is 0.0142. The lowest BCUT2D eigenvalue weighted by atomic mass is 10.2. The summed E-state index contributed by atoms with van der Waals surface area (Å²) in [7, 11) is 2.16. The number of amides is 1. The summed E-state index contributed by atoms with van der Waals surface area (Å²) in [4.78, 5) is 13.3. The fourth-order valence-electron chi connectivity index (χ4n) is 2.06. The molecule has 0 atom stereocenters. The molecule has 1 aromatic carbocycles. The Labute approximate surface area is 124 Å². The molecule has 1 aliphatic rings. The summed E-state index contributed by atoms with van der Waals surface area (Å²) < 4.78 is 5.46. The van der Waals surface area contributed by atoms with E-state index < -0.39 is 0 Å². The van der Waals surface area contributed by atoms with Gasteiger partial charge in [0.2, 0.25) is 0 Å². The quantitative estimate of drug-likeness (QED) is 0.815. The van der Waals surface area contributed by atoms with E-state index in [-0.39, 0.29) is 12.5 Å². The third-order valence-corrected chi connectivity index (χ3v) is 3.82. The standard InChI is InChI=1S/C14H20ClN3O2/c1-11-9-12(3-4-13(11)15)20-10-14(19)16-18-7-5-17(2)6-8-18/h3-4,9H,5-8,10H2,1-2H3,(H,16,19)/p+1. The summed E-state index contributed by atoms with van der Waals surface area (Å²) in [6, 6.07) is 5.37. The van der Waals surface area contributed by atoms with E-state index in [2.05, 4.69) is 12.5 Å². The number of quaternary nitrogens is 1. The van der Waals surface area contributed by atoms with Crippen LogP contribution in [0, 0.1) is 6.92 Å². The highest BCUT2D eigenvalue weighted by atomic mass is 35.5. The number of hydrogen-bond donors (Lipinski definition) is 2. The molecule has 20 heavy (non-hydrogen) atoms. The molecule has 2 rings (SSSR count). The van der Waals surface area contributed by atoms with Crippen LogP contribution in [0.2, 0.25) is 5.02 Å². The number of hydrazine groups is 1. The van der Waals surface area contributed by atoms with Crippen LogP contribution in [0.5, 0.6) is 5.75 Å². The van der Waals surface area contributed by atoms with E-state index in [9.17, 15) is 4.79 Å². The van der Waals surface area contributed by atoms with Crippen LogP contribution in [0.3, 0.4) is 0 Å². The third kappa shape index (κ3) is 4.37. The zero-order chi connectivity index (χ0) is 14.5. The van der Waals surface area contributed by atoms with Gasteiger partial charge in [-0.2, -0.15) is 0 Å². The summed E-state index contributed by atoms with van der Waals surface area (Å²) in [5.74, 6) is 0.530. The van der Waals surface area contributed by atoms with Crippen LogP contribution in [0.25, 0.3) is 0 Å². The zero-order valence-electron chi connectivity index (χ0n) is 11.9. The van der Waals surface area contributed by atoms with Crippen LogP contribution in [0.4, 0.5) is 0 Å². The van der Waals surface area contributed by atoms with E-state index in [1.807, 2.05) is 18.0 Å². The minimum atomic E-state index is -0.128. The molecule has 1 saturated heterocycles. The maximum atomic E-state index is 11.8. The fourth-order valence-corrected chi connectivity index (χ4v) is 2.18. The largest absolute Gasteiger partial charge is 0.484 e. The van der Waals surface area contributed by atoms with E-state index in [4.69, 9.17) is 16.3 Å². The van der Waals surface area contributed by atoms with Gasteiger partial charge in [0.1, 0.15) is 5.75 Å². The number of halogens is 1. The molecule has 0 saturated carbocycles. The number of rotatable bonds is 4. The molecule has 5 nitrogen and oxygen atoms in total. The van der Waals surface area contributed by atoms with E-state index in [1.54, 1.807) is 12.1 Å². The Kier molecular flexibility index (Phi) is 5.23. The number of nitrogens with one attached hydrogen (secondary N) is 2. The second-order valence-corrected chi connectivity index (χ2v) is 5.59. The van der Waals surface area contributed by atoms with Crippen molar-refractivity contribution in [2.24, 2.45) is 0 Å². The van der Waals surface area contributed by atoms with Crippen molar-refractivity contribution < 1.29 is 14.4 Å². The number of ether oxygens (including phenoxy) is 1. The molecule has 0 radical (unpaired) electrons. The normalized spacial score (nSPS) is 16.9. The van der Waals surface area contributed by atoms with Crippen LogP contribution in [-0.2, 0) is 4.79 Å². The molecule has 0 aromatic heterocycles. The Hall–Kier alpha value is -1.30. The van der Waals surface area contributed by atoms with Gasteiger partial charge in [0.05, 0.1) is 33.2 Å². The summed E-state index contributed by atoms with van der Waals surface area (Å²) in [5.41, 5.74) is 3.80. The average molecular weight is 299 g/mol. The van der Waals surface area contributed by atoms with Gasteiger partial charge in [-0.1, -0.05) is 11.6 Å². The lowest BCUT2D eigenvalue weighted by molar-refractivity contribution is -0.884. The van der Waals surface area contributed by atoms with Gasteiger partial charge >= 0.3 is 0 Å². The number of piperazine rings is 1. The number of likely N-dealkylation sites (N-methyl/N-ethyl adjacent to an activating group) is 1. The van der Waals surface area contributed by atoms with Gasteiger partial charge in [-0.3, -0.25) is 10.2 Å². The first-order valence-electron chi connectivity index (χ1n) is 6.79. The van der Waals surface area contributed by atoms with Gasteiger partial charge in [-0.15, -0.1) is 0 Å². The summed E-state index contributed by atoms with van der Waals surface area (Å²) >= 11 is 5.94. The summed E-state index contributed by atoms with van der Waals surface area (Å²) in [6.07, 6.45) is 0. The number of carbonyl (C=O) groups is 1.